The third kappa shape index (κ3) is 13.4. The maximum absolute atomic E-state index is 13.1. The van der Waals surface area contributed by atoms with Gasteiger partial charge in [0.05, 0.1) is 163 Å². The van der Waals surface area contributed by atoms with E-state index in [1.807, 2.05) is 36.4 Å². The number of hydrogen-bond acceptors (Lipinski definition) is 16. The fourth-order valence-corrected chi connectivity index (χ4v) is 11.0. The monoisotopic (exact) mass is 1100 g/mol. The Balaban J connectivity index is 0.00000624. The minimum absolute atomic E-state index is 0. The fraction of sp³-hybridized carbons (Fsp3) is 0.536. The van der Waals surface area contributed by atoms with Gasteiger partial charge in [-0.1, -0.05) is 0 Å². The molecule has 4 aromatic rings. The van der Waals surface area contributed by atoms with E-state index in [0.29, 0.717) is 117 Å². The van der Waals surface area contributed by atoms with Crippen molar-refractivity contribution in [3.63, 3.8) is 0 Å². The van der Waals surface area contributed by atoms with Crippen LogP contribution in [0.2, 0.25) is 0 Å². The normalized spacial score (nSPS) is 18.2. The molecule has 0 bridgehead atoms. The maximum atomic E-state index is 13.1. The predicted molar refractivity (Wildman–Crippen MR) is 277 cm³/mol. The third-order valence-electron chi connectivity index (χ3n) is 14.9. The van der Waals surface area contributed by atoms with Crippen LogP contribution in [0.1, 0.15) is 71.1 Å². The standard InChI is InChI=1S/C56H78N2O16.2ClH/c1-57(23-19-37-33-45(65-7)53(69-11)55(71-13)49(37)39(57)27-35-29-41(61-3)51(67-9)42(30-35)62-4)21-15-25-73-47(59)17-18-48(60)74-26-16-22-58(2)24-20-38-34-46(66-8)54(70-12)56(72-14)50(38)40(58)28-36-31-43(63-5)52(68-10)44(32-36)64-6;;/h29-34,39-40H,15-28H2,1-14H3;2*1H/q+2;;/p-2/t39-,40+,57-,58+;;. The molecule has 2 aliphatic rings. The molecule has 2 aliphatic heterocycles. The number of ether oxygens (including phenoxy) is 14. The van der Waals surface area contributed by atoms with Crippen LogP contribution in [-0.4, -0.2) is 160 Å². The molecule has 0 saturated carbocycles. The van der Waals surface area contributed by atoms with Crippen molar-refractivity contribution in [1.82, 2.24) is 0 Å². The van der Waals surface area contributed by atoms with Gasteiger partial charge >= 0.3 is 11.9 Å². The van der Waals surface area contributed by atoms with E-state index >= 15 is 0 Å². The minimum atomic E-state index is -0.457. The molecule has 4 aromatic carbocycles. The quantitative estimate of drug-likeness (QED) is 0.0482. The van der Waals surface area contributed by atoms with E-state index in [-0.39, 0.29) is 63.0 Å². The smallest absolute Gasteiger partial charge is 0.306 e. The number of carbonyl (C=O) groups excluding carboxylic acids is 2. The summed E-state index contributed by atoms with van der Waals surface area (Å²) in [6.45, 7) is 3.35. The van der Waals surface area contributed by atoms with E-state index in [1.54, 1.807) is 85.3 Å². The van der Waals surface area contributed by atoms with Crippen LogP contribution in [0, 0.1) is 0 Å². The molecule has 0 saturated heterocycles. The highest BCUT2D eigenvalue weighted by Crippen LogP contribution is 2.53. The van der Waals surface area contributed by atoms with Crippen LogP contribution in [0.3, 0.4) is 0 Å². The highest BCUT2D eigenvalue weighted by molar-refractivity contribution is 5.77. The first-order valence-electron chi connectivity index (χ1n) is 24.9. The van der Waals surface area contributed by atoms with Crippen LogP contribution >= 0.6 is 0 Å². The fourth-order valence-electron chi connectivity index (χ4n) is 11.0. The van der Waals surface area contributed by atoms with Gasteiger partial charge in [-0.3, -0.25) is 9.59 Å². The van der Waals surface area contributed by atoms with Gasteiger partial charge in [-0.25, -0.2) is 0 Å². The second-order valence-electron chi connectivity index (χ2n) is 18.9. The number of halogens is 2. The number of esters is 2. The molecular formula is C56H78Cl2N2O16. The van der Waals surface area contributed by atoms with E-state index in [9.17, 15) is 9.59 Å². The number of nitrogens with zero attached hydrogens (tertiary/aromatic N) is 2. The van der Waals surface area contributed by atoms with Crippen molar-refractivity contribution in [1.29, 1.82) is 0 Å². The molecule has 4 atom stereocenters. The molecule has 0 aromatic heterocycles. The SMILES string of the molecule is COc1cc(C[C@@H]2c3c(cc(OC)c(OC)c3OC)CC[N@@+]2(C)CCCOC(=O)CCC(=O)OCCC[N@@+]2(C)CCc3cc(OC)c(OC)c(OC)c3[C@@H]2Cc2cc(OC)c(OC)c(OC)c2)cc(OC)c1OC.[Cl-].[Cl-]. The second kappa shape index (κ2) is 28.3. The Bertz CT molecular complexity index is 2370. The summed E-state index contributed by atoms with van der Waals surface area (Å²) in [5.41, 5.74) is 6.22. The molecule has 76 heavy (non-hydrogen) atoms. The summed E-state index contributed by atoms with van der Waals surface area (Å²) in [5, 5.41) is 0. The number of hydrogen-bond donors (Lipinski definition) is 0. The molecule has 0 aliphatic carbocycles. The summed E-state index contributed by atoms with van der Waals surface area (Å²) >= 11 is 0. The van der Waals surface area contributed by atoms with Crippen LogP contribution < -0.4 is 81.7 Å². The summed E-state index contributed by atoms with van der Waals surface area (Å²) in [6, 6.07) is 11.7. The van der Waals surface area contributed by atoms with Gasteiger partial charge in [-0.15, -0.1) is 0 Å². The molecule has 0 radical (unpaired) electrons. The molecule has 6 rings (SSSR count). The average Bonchev–Trinajstić information content (AvgIpc) is 3.42. The summed E-state index contributed by atoms with van der Waals surface area (Å²) in [4.78, 5) is 26.2. The van der Waals surface area contributed by atoms with Gasteiger partial charge in [0.15, 0.2) is 46.0 Å². The molecule has 2 heterocycles. The van der Waals surface area contributed by atoms with Crippen LogP contribution in [0.25, 0.3) is 0 Å². The molecular weight excluding hydrogens is 1030 g/mol. The van der Waals surface area contributed by atoms with Gasteiger partial charge in [-0.2, -0.15) is 0 Å². The van der Waals surface area contributed by atoms with E-state index in [2.05, 4.69) is 14.1 Å². The molecule has 0 fully saturated rings. The van der Waals surface area contributed by atoms with Gasteiger partial charge in [0.2, 0.25) is 23.0 Å². The van der Waals surface area contributed by atoms with Gasteiger partial charge in [0.25, 0.3) is 0 Å². The molecule has 0 N–H and O–H groups in total. The Morgan fingerprint density at radius 3 is 0.987 bits per heavy atom. The summed E-state index contributed by atoms with van der Waals surface area (Å²) in [6.07, 6.45) is 3.69. The van der Waals surface area contributed by atoms with Crippen molar-refractivity contribution in [3.05, 3.63) is 69.8 Å². The van der Waals surface area contributed by atoms with E-state index < -0.39 is 11.9 Å². The van der Waals surface area contributed by atoms with Crippen molar-refractivity contribution < 1.29 is 110 Å². The zero-order valence-electron chi connectivity index (χ0n) is 46.7. The number of benzene rings is 4. The lowest BCUT2D eigenvalue weighted by Crippen LogP contribution is -3.00. The highest BCUT2D eigenvalue weighted by atomic mass is 35.5. The predicted octanol–water partition coefficient (Wildman–Crippen LogP) is 1.72. The van der Waals surface area contributed by atoms with Crippen molar-refractivity contribution in [2.45, 2.75) is 63.5 Å². The molecule has 422 valence electrons. The minimum Gasteiger partial charge on any atom is -1.00 e. The molecule has 0 unspecified atom stereocenters. The summed E-state index contributed by atoms with van der Waals surface area (Å²) in [5.74, 6) is 5.85. The van der Waals surface area contributed by atoms with Gasteiger partial charge < -0.3 is 100 Å². The number of methoxy groups -OCH3 is 12. The maximum Gasteiger partial charge on any atom is 0.306 e. The average molecular weight is 1110 g/mol. The number of rotatable bonds is 27. The zero-order chi connectivity index (χ0) is 53.7. The van der Waals surface area contributed by atoms with Gasteiger partial charge in [0, 0.05) is 38.5 Å². The van der Waals surface area contributed by atoms with Crippen molar-refractivity contribution >= 4 is 11.9 Å². The lowest BCUT2D eigenvalue weighted by atomic mass is 9.85. The number of likely N-dealkylation sites (N-methyl/N-ethyl adjacent to an activating group) is 2. The first kappa shape index (κ1) is 62.5. The van der Waals surface area contributed by atoms with E-state index in [1.165, 1.54) is 0 Å². The van der Waals surface area contributed by atoms with Crippen LogP contribution in [0.15, 0.2) is 36.4 Å². The molecule has 20 heteroatoms. The lowest BCUT2D eigenvalue weighted by molar-refractivity contribution is -0.941. The van der Waals surface area contributed by atoms with E-state index in [4.69, 9.17) is 66.3 Å². The Labute approximate surface area is 460 Å². The Morgan fingerprint density at radius 1 is 0.421 bits per heavy atom. The number of carbonyl (C=O) groups is 2. The van der Waals surface area contributed by atoms with Crippen LogP contribution in [0.5, 0.6) is 69.0 Å². The van der Waals surface area contributed by atoms with Crippen LogP contribution in [0.4, 0.5) is 0 Å². The van der Waals surface area contributed by atoms with Crippen molar-refractivity contribution in [3.8, 4) is 69.0 Å². The number of quaternary nitrogens is 2. The molecule has 18 nitrogen and oxygen atoms in total. The van der Waals surface area contributed by atoms with E-state index in [0.717, 1.165) is 59.3 Å². The zero-order valence-corrected chi connectivity index (χ0v) is 48.2. The molecule has 0 amide bonds. The van der Waals surface area contributed by atoms with Crippen LogP contribution in [-0.2, 0) is 44.7 Å². The topological polar surface area (TPSA) is 163 Å². The lowest BCUT2D eigenvalue weighted by Gasteiger charge is -2.46. The van der Waals surface area contributed by atoms with Gasteiger partial charge in [0.1, 0.15) is 12.1 Å². The van der Waals surface area contributed by atoms with Gasteiger partial charge in [-0.05, 0) is 58.7 Å². The third-order valence-corrected chi connectivity index (χ3v) is 14.9. The highest BCUT2D eigenvalue weighted by Gasteiger charge is 2.45. The first-order valence-corrected chi connectivity index (χ1v) is 24.9. The first-order chi connectivity index (χ1) is 35.7. The van der Waals surface area contributed by atoms with Crippen molar-refractivity contribution in [2.24, 2.45) is 0 Å². The van der Waals surface area contributed by atoms with Crippen molar-refractivity contribution in [2.75, 3.05) is 139 Å². The Hall–Kier alpha value is -6.08. The second-order valence-corrected chi connectivity index (χ2v) is 18.9. The molecule has 0 spiro atoms. The largest absolute Gasteiger partial charge is 1.00 e. The summed E-state index contributed by atoms with van der Waals surface area (Å²) in [7, 11) is 23.7. The Kier molecular flexibility index (Phi) is 23.3. The number of fused-ring (bicyclic) bond motifs is 2. The summed E-state index contributed by atoms with van der Waals surface area (Å²) < 4.78 is 82.2. The Morgan fingerprint density at radius 2 is 0.711 bits per heavy atom.